The molecule has 7 heteroatoms. The molecule has 0 saturated heterocycles. The van der Waals surface area contributed by atoms with Crippen molar-refractivity contribution in [2.24, 2.45) is 11.7 Å². The lowest BCUT2D eigenvalue weighted by Gasteiger charge is -2.29. The molecule has 0 radical (unpaired) electrons. The Morgan fingerprint density at radius 3 is 2.65 bits per heavy atom. The van der Waals surface area contributed by atoms with E-state index in [4.69, 9.17) is 10.5 Å². The number of pyridine rings is 1. The Morgan fingerprint density at radius 1 is 1.42 bits per heavy atom. The van der Waals surface area contributed by atoms with Gasteiger partial charge in [-0.1, -0.05) is 0 Å². The number of hydrogen-bond donors (Lipinski definition) is 2. The first-order valence-electron chi connectivity index (χ1n) is 9.15. The summed E-state index contributed by atoms with van der Waals surface area (Å²) in [6.07, 6.45) is 5.16. The van der Waals surface area contributed by atoms with Gasteiger partial charge in [0.1, 0.15) is 24.2 Å². The van der Waals surface area contributed by atoms with Gasteiger partial charge in [0.15, 0.2) is 0 Å². The second kappa shape index (κ2) is 7.21. The molecule has 6 nitrogen and oxygen atoms in total. The molecule has 0 unspecified atom stereocenters. The van der Waals surface area contributed by atoms with Gasteiger partial charge in [-0.2, -0.15) is 0 Å². The average molecular weight is 363 g/mol. The molecule has 26 heavy (non-hydrogen) atoms. The van der Waals surface area contributed by atoms with Gasteiger partial charge in [0, 0.05) is 29.8 Å². The zero-order valence-corrected chi connectivity index (χ0v) is 15.3. The second-order valence-electron chi connectivity index (χ2n) is 7.75. The summed E-state index contributed by atoms with van der Waals surface area (Å²) in [6.45, 7) is 2.88. The normalized spacial score (nSPS) is 20.1. The van der Waals surface area contributed by atoms with Crippen LogP contribution in [0.3, 0.4) is 0 Å². The van der Waals surface area contributed by atoms with Gasteiger partial charge in [0.2, 0.25) is 5.91 Å². The van der Waals surface area contributed by atoms with Crippen LogP contribution in [-0.4, -0.2) is 35.1 Å². The third-order valence-corrected chi connectivity index (χ3v) is 5.11. The van der Waals surface area contributed by atoms with E-state index in [2.05, 4.69) is 10.3 Å². The summed E-state index contributed by atoms with van der Waals surface area (Å²) in [5.41, 5.74) is 5.80. The third-order valence-electron chi connectivity index (χ3n) is 5.11. The number of rotatable bonds is 9. The molecular formula is C19H26FN3O3. The van der Waals surface area contributed by atoms with E-state index in [9.17, 15) is 14.0 Å². The predicted molar refractivity (Wildman–Crippen MR) is 94.7 cm³/mol. The van der Waals surface area contributed by atoms with E-state index in [-0.39, 0.29) is 23.9 Å². The standard InChI is InChI=1S/C19H26FN3O3/c1-11(9-20)26-16-7-15(22-10-14(16)12-3-4-12)18(25)23-19(2,8-17(21)24)13-5-6-13/h7,10-13H,3-6,8-9H2,1-2H3,(H2,21,24)(H,23,25)/t11-,19-/m1/s1. The summed E-state index contributed by atoms with van der Waals surface area (Å²) in [7, 11) is 0. The SMILES string of the molecule is C[C@H](CF)Oc1cc(C(=O)N[C@](C)(CC(N)=O)C2CC2)ncc1C1CC1. The smallest absolute Gasteiger partial charge is 0.270 e. The molecule has 1 heterocycles. The van der Waals surface area contributed by atoms with Gasteiger partial charge in [-0.3, -0.25) is 14.6 Å². The van der Waals surface area contributed by atoms with Crippen molar-refractivity contribution in [3.63, 3.8) is 0 Å². The summed E-state index contributed by atoms with van der Waals surface area (Å²) in [6, 6.07) is 1.58. The Labute approximate surface area is 152 Å². The molecule has 1 aromatic rings. The summed E-state index contributed by atoms with van der Waals surface area (Å²) in [5, 5.41) is 2.93. The van der Waals surface area contributed by atoms with E-state index in [0.29, 0.717) is 11.7 Å². The molecule has 3 N–H and O–H groups in total. The van der Waals surface area contributed by atoms with Crippen LogP contribution in [0.15, 0.2) is 12.3 Å². The fraction of sp³-hybridized carbons (Fsp3) is 0.632. The van der Waals surface area contributed by atoms with Gasteiger partial charge in [-0.25, -0.2) is 4.39 Å². The van der Waals surface area contributed by atoms with Crippen LogP contribution in [0.5, 0.6) is 5.75 Å². The minimum atomic E-state index is -0.674. The molecule has 3 rings (SSSR count). The van der Waals surface area contributed by atoms with E-state index >= 15 is 0 Å². The lowest BCUT2D eigenvalue weighted by atomic mass is 9.91. The first-order chi connectivity index (χ1) is 12.3. The summed E-state index contributed by atoms with van der Waals surface area (Å²) >= 11 is 0. The molecule has 2 aliphatic carbocycles. The number of carbonyl (C=O) groups excluding carboxylic acids is 2. The molecule has 142 valence electrons. The largest absolute Gasteiger partial charge is 0.488 e. The first kappa shape index (κ1) is 18.6. The maximum Gasteiger partial charge on any atom is 0.270 e. The molecule has 2 atom stereocenters. The van der Waals surface area contributed by atoms with Crippen LogP contribution >= 0.6 is 0 Å². The van der Waals surface area contributed by atoms with Crippen molar-refractivity contribution in [2.45, 2.75) is 63.5 Å². The van der Waals surface area contributed by atoms with Crippen molar-refractivity contribution in [3.05, 3.63) is 23.5 Å². The third kappa shape index (κ3) is 4.31. The van der Waals surface area contributed by atoms with Gasteiger partial charge < -0.3 is 15.8 Å². The highest BCUT2D eigenvalue weighted by molar-refractivity contribution is 5.93. The molecule has 0 aromatic carbocycles. The number of nitrogens with two attached hydrogens (primary N) is 1. The number of aromatic nitrogens is 1. The Hall–Kier alpha value is -2.18. The lowest BCUT2D eigenvalue weighted by Crippen LogP contribution is -2.50. The lowest BCUT2D eigenvalue weighted by molar-refractivity contribution is -0.119. The number of hydrogen-bond acceptors (Lipinski definition) is 4. The van der Waals surface area contributed by atoms with Gasteiger partial charge in [-0.05, 0) is 51.4 Å². The van der Waals surface area contributed by atoms with Crippen molar-refractivity contribution in [1.29, 1.82) is 0 Å². The number of carbonyl (C=O) groups is 2. The monoisotopic (exact) mass is 363 g/mol. The summed E-state index contributed by atoms with van der Waals surface area (Å²) < 4.78 is 18.5. The fourth-order valence-corrected chi connectivity index (χ4v) is 3.32. The number of primary amides is 1. The van der Waals surface area contributed by atoms with E-state index < -0.39 is 24.2 Å². The quantitative estimate of drug-likeness (QED) is 0.705. The molecule has 2 aliphatic rings. The number of halogens is 1. The molecular weight excluding hydrogens is 337 g/mol. The highest BCUT2D eigenvalue weighted by Crippen LogP contribution is 2.44. The molecule has 0 aliphatic heterocycles. The Morgan fingerprint density at radius 2 is 2.12 bits per heavy atom. The van der Waals surface area contributed by atoms with Gasteiger partial charge >= 0.3 is 0 Å². The van der Waals surface area contributed by atoms with Crippen molar-refractivity contribution < 1.29 is 18.7 Å². The first-order valence-corrected chi connectivity index (χ1v) is 9.15. The zero-order chi connectivity index (χ0) is 18.9. The van der Waals surface area contributed by atoms with Gasteiger partial charge in [-0.15, -0.1) is 0 Å². The van der Waals surface area contributed by atoms with Crippen molar-refractivity contribution in [3.8, 4) is 5.75 Å². The van der Waals surface area contributed by atoms with Crippen LogP contribution in [0.1, 0.15) is 67.9 Å². The number of nitrogens with one attached hydrogen (secondary N) is 1. The minimum absolute atomic E-state index is 0.0891. The maximum absolute atomic E-state index is 12.9. The van der Waals surface area contributed by atoms with Crippen LogP contribution in [-0.2, 0) is 4.79 Å². The van der Waals surface area contributed by atoms with E-state index in [1.165, 1.54) is 0 Å². The topological polar surface area (TPSA) is 94.3 Å². The summed E-state index contributed by atoms with van der Waals surface area (Å²) in [5.74, 6) is 0.305. The van der Waals surface area contributed by atoms with Gasteiger partial charge in [0.25, 0.3) is 5.91 Å². The Kier molecular flexibility index (Phi) is 5.16. The van der Waals surface area contributed by atoms with Crippen molar-refractivity contribution in [2.75, 3.05) is 6.67 Å². The van der Waals surface area contributed by atoms with Crippen LogP contribution in [0, 0.1) is 5.92 Å². The van der Waals surface area contributed by atoms with E-state index in [1.54, 1.807) is 19.2 Å². The molecule has 0 spiro atoms. The van der Waals surface area contributed by atoms with Crippen LogP contribution < -0.4 is 15.8 Å². The van der Waals surface area contributed by atoms with Gasteiger partial charge in [0.05, 0.1) is 0 Å². The Balaban J connectivity index is 1.80. The Bertz CT molecular complexity index is 703. The molecule has 2 amide bonds. The van der Waals surface area contributed by atoms with Crippen LogP contribution in [0.25, 0.3) is 0 Å². The van der Waals surface area contributed by atoms with Crippen LogP contribution in [0.4, 0.5) is 4.39 Å². The molecule has 2 saturated carbocycles. The average Bonchev–Trinajstić information content (AvgIpc) is 3.46. The number of nitrogens with zero attached hydrogens (tertiary/aromatic N) is 1. The maximum atomic E-state index is 12.9. The highest BCUT2D eigenvalue weighted by Gasteiger charge is 2.44. The number of amides is 2. The van der Waals surface area contributed by atoms with E-state index in [0.717, 1.165) is 31.2 Å². The molecule has 0 bridgehead atoms. The number of alkyl halides is 1. The minimum Gasteiger partial charge on any atom is -0.488 e. The number of ether oxygens (including phenoxy) is 1. The fourth-order valence-electron chi connectivity index (χ4n) is 3.32. The van der Waals surface area contributed by atoms with E-state index in [1.807, 2.05) is 6.92 Å². The van der Waals surface area contributed by atoms with Crippen LogP contribution in [0.2, 0.25) is 0 Å². The highest BCUT2D eigenvalue weighted by atomic mass is 19.1. The summed E-state index contributed by atoms with van der Waals surface area (Å²) in [4.78, 5) is 28.4. The zero-order valence-electron chi connectivity index (χ0n) is 15.3. The van der Waals surface area contributed by atoms with Crippen molar-refractivity contribution in [1.82, 2.24) is 10.3 Å². The second-order valence-corrected chi connectivity index (χ2v) is 7.75. The molecule has 1 aromatic heterocycles. The van der Waals surface area contributed by atoms with Crippen molar-refractivity contribution >= 4 is 11.8 Å². The molecule has 2 fully saturated rings. The predicted octanol–water partition coefficient (Wildman–Crippen LogP) is 2.47.